The topological polar surface area (TPSA) is 96.9 Å². The minimum Gasteiger partial charge on any atom is -0.494 e. The van der Waals surface area contributed by atoms with Gasteiger partial charge in [0.2, 0.25) is 0 Å². The Morgan fingerprint density at radius 1 is 0.969 bits per heavy atom. The number of rotatable bonds is 10. The van der Waals surface area contributed by atoms with Crippen LogP contribution in [-0.4, -0.2) is 27.1 Å². The Morgan fingerprint density at radius 2 is 1.66 bits per heavy atom. The van der Waals surface area contributed by atoms with Gasteiger partial charge in [-0.25, -0.2) is 13.8 Å². The van der Waals surface area contributed by atoms with E-state index in [1.54, 1.807) is 18.2 Å². The zero-order chi connectivity index (χ0) is 22.8. The van der Waals surface area contributed by atoms with Crippen molar-refractivity contribution in [1.82, 2.24) is 5.43 Å². The maximum atomic E-state index is 12.4. The molecule has 0 atom stereocenters. The highest BCUT2D eigenvalue weighted by Crippen LogP contribution is 2.16. The number of sulfonamides is 1. The lowest BCUT2D eigenvalue weighted by Gasteiger charge is -2.08. The van der Waals surface area contributed by atoms with Crippen molar-refractivity contribution in [2.45, 2.75) is 24.7 Å². The van der Waals surface area contributed by atoms with Crippen LogP contribution in [0.25, 0.3) is 0 Å². The van der Waals surface area contributed by atoms with Gasteiger partial charge in [-0.15, -0.1) is 0 Å². The first-order chi connectivity index (χ1) is 15.5. The van der Waals surface area contributed by atoms with Crippen LogP contribution >= 0.6 is 0 Å². The molecule has 1 amide bonds. The molecule has 0 saturated carbocycles. The molecule has 0 aliphatic carbocycles. The molecule has 0 saturated heterocycles. The number of amides is 1. The van der Waals surface area contributed by atoms with Crippen LogP contribution in [0.5, 0.6) is 5.75 Å². The predicted molar refractivity (Wildman–Crippen MR) is 126 cm³/mol. The summed E-state index contributed by atoms with van der Waals surface area (Å²) in [4.78, 5) is 12.4. The first-order valence-corrected chi connectivity index (χ1v) is 11.7. The lowest BCUT2D eigenvalue weighted by Crippen LogP contribution is -2.18. The monoisotopic (exact) mass is 451 g/mol. The largest absolute Gasteiger partial charge is 0.494 e. The molecule has 0 heterocycles. The minimum absolute atomic E-state index is 0.164. The zero-order valence-electron chi connectivity index (χ0n) is 17.7. The Kier molecular flexibility index (Phi) is 7.99. The van der Waals surface area contributed by atoms with Crippen LogP contribution in [0.15, 0.2) is 88.9 Å². The third-order valence-electron chi connectivity index (χ3n) is 4.48. The molecule has 0 unspecified atom stereocenters. The highest BCUT2D eigenvalue weighted by atomic mass is 32.2. The van der Waals surface area contributed by atoms with Gasteiger partial charge in [-0.1, -0.05) is 31.5 Å². The molecule has 0 radical (unpaired) electrons. The number of benzene rings is 3. The summed E-state index contributed by atoms with van der Waals surface area (Å²) in [5.41, 5.74) is 3.98. The number of anilines is 1. The highest BCUT2D eigenvalue weighted by Gasteiger charge is 2.13. The molecule has 3 rings (SSSR count). The van der Waals surface area contributed by atoms with Crippen LogP contribution in [0.3, 0.4) is 0 Å². The van der Waals surface area contributed by atoms with Crippen molar-refractivity contribution in [3.8, 4) is 5.75 Å². The van der Waals surface area contributed by atoms with Gasteiger partial charge in [-0.05, 0) is 72.6 Å². The van der Waals surface area contributed by atoms with Gasteiger partial charge in [-0.2, -0.15) is 5.10 Å². The summed E-state index contributed by atoms with van der Waals surface area (Å²) in [5.74, 6) is 0.390. The van der Waals surface area contributed by atoms with E-state index in [9.17, 15) is 13.2 Å². The first kappa shape index (κ1) is 23.0. The van der Waals surface area contributed by atoms with Gasteiger partial charge in [0.05, 0.1) is 17.7 Å². The van der Waals surface area contributed by atoms with Gasteiger partial charge in [0.15, 0.2) is 0 Å². The molecule has 166 valence electrons. The number of nitrogens with zero attached hydrogens (tertiary/aromatic N) is 1. The lowest BCUT2D eigenvalue weighted by atomic mass is 10.2. The minimum atomic E-state index is -3.68. The van der Waals surface area contributed by atoms with Gasteiger partial charge in [0, 0.05) is 11.3 Å². The van der Waals surface area contributed by atoms with Crippen LogP contribution in [-0.2, 0) is 10.0 Å². The molecule has 7 nitrogen and oxygen atoms in total. The average molecular weight is 452 g/mol. The van der Waals surface area contributed by atoms with Crippen LogP contribution in [0.1, 0.15) is 35.7 Å². The fourth-order valence-corrected chi connectivity index (χ4v) is 3.80. The van der Waals surface area contributed by atoms with Crippen LogP contribution in [0.2, 0.25) is 0 Å². The Morgan fingerprint density at radius 3 is 2.31 bits per heavy atom. The molecule has 0 aromatic heterocycles. The molecular weight excluding hydrogens is 426 g/mol. The third kappa shape index (κ3) is 6.68. The van der Waals surface area contributed by atoms with E-state index in [-0.39, 0.29) is 4.90 Å². The molecule has 0 aliphatic rings. The van der Waals surface area contributed by atoms with Gasteiger partial charge in [0.1, 0.15) is 5.75 Å². The van der Waals surface area contributed by atoms with E-state index in [1.165, 1.54) is 42.6 Å². The second kappa shape index (κ2) is 11.1. The van der Waals surface area contributed by atoms with E-state index in [1.807, 2.05) is 24.3 Å². The highest BCUT2D eigenvalue weighted by molar-refractivity contribution is 7.92. The van der Waals surface area contributed by atoms with Crippen LogP contribution in [0.4, 0.5) is 5.69 Å². The molecule has 2 N–H and O–H groups in total. The summed E-state index contributed by atoms with van der Waals surface area (Å²) in [6.07, 6.45) is 3.63. The summed E-state index contributed by atoms with van der Waals surface area (Å²) >= 11 is 0. The van der Waals surface area contributed by atoms with E-state index in [0.29, 0.717) is 17.9 Å². The number of hydrazone groups is 1. The molecular formula is C24H25N3O4S. The lowest BCUT2D eigenvalue weighted by molar-refractivity contribution is 0.0955. The molecule has 0 fully saturated rings. The molecule has 0 spiro atoms. The molecule has 32 heavy (non-hydrogen) atoms. The van der Waals surface area contributed by atoms with Crippen LogP contribution < -0.4 is 14.9 Å². The number of hydrogen-bond acceptors (Lipinski definition) is 5. The Labute approximate surface area is 188 Å². The number of ether oxygens (including phenoxy) is 1. The van der Waals surface area contributed by atoms with Gasteiger partial charge in [0.25, 0.3) is 15.9 Å². The molecule has 3 aromatic rings. The van der Waals surface area contributed by atoms with Crippen molar-refractivity contribution in [3.05, 3.63) is 90.0 Å². The third-order valence-corrected chi connectivity index (χ3v) is 5.88. The van der Waals surface area contributed by atoms with Crippen molar-refractivity contribution < 1.29 is 17.9 Å². The van der Waals surface area contributed by atoms with E-state index in [4.69, 9.17) is 4.74 Å². The molecule has 8 heteroatoms. The normalized spacial score (nSPS) is 11.3. The van der Waals surface area contributed by atoms with Gasteiger partial charge < -0.3 is 4.74 Å². The summed E-state index contributed by atoms with van der Waals surface area (Å²) in [6, 6.07) is 21.6. The number of unbranched alkanes of at least 4 members (excludes halogenated alkanes) is 1. The fourth-order valence-electron chi connectivity index (χ4n) is 2.72. The summed E-state index contributed by atoms with van der Waals surface area (Å²) < 4.78 is 32.8. The number of carbonyl (C=O) groups is 1. The van der Waals surface area contributed by atoms with E-state index in [2.05, 4.69) is 22.2 Å². The number of nitrogens with one attached hydrogen (secondary N) is 2. The zero-order valence-corrected chi connectivity index (χ0v) is 18.5. The van der Waals surface area contributed by atoms with Crippen molar-refractivity contribution >= 4 is 27.8 Å². The van der Waals surface area contributed by atoms with Crippen LogP contribution in [0, 0.1) is 0 Å². The molecule has 0 bridgehead atoms. The predicted octanol–water partition coefficient (Wildman–Crippen LogP) is 4.43. The maximum Gasteiger partial charge on any atom is 0.271 e. The summed E-state index contributed by atoms with van der Waals surface area (Å²) in [5, 5.41) is 3.97. The average Bonchev–Trinajstić information content (AvgIpc) is 2.81. The number of hydrogen-bond donors (Lipinski definition) is 2. The second-order valence-corrected chi connectivity index (χ2v) is 8.65. The Hall–Kier alpha value is -3.65. The first-order valence-electron chi connectivity index (χ1n) is 10.2. The molecule has 3 aromatic carbocycles. The van der Waals surface area contributed by atoms with Crippen molar-refractivity contribution in [2.75, 3.05) is 11.3 Å². The molecule has 0 aliphatic heterocycles. The standard InChI is InChI=1S/C24H25N3O4S/c1-2-3-17-31-22-15-9-19(10-16-22)18-25-26-24(28)20-11-13-21(14-12-20)27-32(29,30)23-7-5-4-6-8-23/h4-16,18,27H,2-3,17H2,1H3,(H,26,28)/b25-18+. The Balaban J connectivity index is 1.53. The smallest absolute Gasteiger partial charge is 0.271 e. The van der Waals surface area contributed by atoms with Crippen molar-refractivity contribution in [2.24, 2.45) is 5.10 Å². The second-order valence-electron chi connectivity index (χ2n) is 6.97. The van der Waals surface area contributed by atoms with E-state index < -0.39 is 15.9 Å². The summed E-state index contributed by atoms with van der Waals surface area (Å²) in [7, 11) is -3.68. The SMILES string of the molecule is CCCCOc1ccc(/C=N/NC(=O)c2ccc(NS(=O)(=O)c3ccccc3)cc2)cc1. The summed E-state index contributed by atoms with van der Waals surface area (Å²) in [6.45, 7) is 2.80. The van der Waals surface area contributed by atoms with Gasteiger partial charge in [-0.3, -0.25) is 9.52 Å². The van der Waals surface area contributed by atoms with Crippen molar-refractivity contribution in [3.63, 3.8) is 0 Å². The number of carbonyl (C=O) groups excluding carboxylic acids is 1. The fraction of sp³-hybridized carbons (Fsp3) is 0.167. The Bertz CT molecular complexity index is 1140. The van der Waals surface area contributed by atoms with E-state index >= 15 is 0 Å². The maximum absolute atomic E-state index is 12.4. The quantitative estimate of drug-likeness (QED) is 0.271. The van der Waals surface area contributed by atoms with Gasteiger partial charge >= 0.3 is 0 Å². The van der Waals surface area contributed by atoms with E-state index in [0.717, 1.165) is 24.2 Å². The van der Waals surface area contributed by atoms with Crippen molar-refractivity contribution in [1.29, 1.82) is 0 Å².